The first-order chi connectivity index (χ1) is 15.2. The topological polar surface area (TPSA) is 33.7 Å². The molecule has 2 unspecified atom stereocenters. The molecule has 0 aromatic carbocycles. The van der Waals surface area contributed by atoms with Crippen molar-refractivity contribution >= 4 is 0 Å². The van der Waals surface area contributed by atoms with Crippen LogP contribution < -0.4 is 5.32 Å². The minimum atomic E-state index is -0.486. The van der Waals surface area contributed by atoms with Gasteiger partial charge in [-0.15, -0.1) is 0 Å². The van der Waals surface area contributed by atoms with Crippen LogP contribution in [0.3, 0.4) is 0 Å². The van der Waals surface area contributed by atoms with E-state index < -0.39 is 12.8 Å². The van der Waals surface area contributed by atoms with E-state index in [0.717, 1.165) is 50.6 Å². The highest BCUT2D eigenvalue weighted by Crippen LogP contribution is 2.36. The molecule has 1 N–H and O–H groups in total. The molecule has 0 radical (unpaired) electrons. The van der Waals surface area contributed by atoms with Crippen LogP contribution in [0.25, 0.3) is 0 Å². The van der Waals surface area contributed by atoms with Crippen LogP contribution in [0.15, 0.2) is 23.5 Å². The summed E-state index contributed by atoms with van der Waals surface area (Å²) < 4.78 is 24.9. The SMILES string of the molecule is CCCCOCC(CF)OC1=CC[C@@H]2NC(C3=CC[C@H](N(CC)CC)CC3)CC[C@@H]2C1. The van der Waals surface area contributed by atoms with Gasteiger partial charge in [0.05, 0.1) is 12.4 Å². The van der Waals surface area contributed by atoms with Crippen LogP contribution in [-0.2, 0) is 9.47 Å². The van der Waals surface area contributed by atoms with Gasteiger partial charge in [0.25, 0.3) is 0 Å². The van der Waals surface area contributed by atoms with Crippen molar-refractivity contribution in [2.24, 2.45) is 5.92 Å². The third kappa shape index (κ3) is 7.03. The van der Waals surface area contributed by atoms with E-state index in [1.807, 2.05) is 0 Å². The van der Waals surface area contributed by atoms with Crippen molar-refractivity contribution in [3.05, 3.63) is 23.5 Å². The summed E-state index contributed by atoms with van der Waals surface area (Å²) in [6.45, 7) is 9.54. The lowest BCUT2D eigenvalue weighted by molar-refractivity contribution is -0.00553. The molecule has 1 heterocycles. The Bertz CT molecular complexity index is 590. The Kier molecular flexibility index (Phi) is 10.3. The van der Waals surface area contributed by atoms with Gasteiger partial charge in [-0.25, -0.2) is 4.39 Å². The van der Waals surface area contributed by atoms with Crippen LogP contribution in [-0.4, -0.2) is 62.1 Å². The Morgan fingerprint density at radius 1 is 1.13 bits per heavy atom. The van der Waals surface area contributed by atoms with Crippen LogP contribution in [0.2, 0.25) is 0 Å². The molecule has 5 atom stereocenters. The van der Waals surface area contributed by atoms with Crippen molar-refractivity contribution in [2.75, 3.05) is 33.0 Å². The third-order valence-corrected chi connectivity index (χ3v) is 7.50. The molecule has 0 aromatic rings. The highest BCUT2D eigenvalue weighted by atomic mass is 19.1. The van der Waals surface area contributed by atoms with Gasteiger partial charge in [-0.05, 0) is 70.0 Å². The molecule has 4 nitrogen and oxygen atoms in total. The van der Waals surface area contributed by atoms with E-state index in [0.29, 0.717) is 31.2 Å². The molecule has 3 aliphatic rings. The van der Waals surface area contributed by atoms with Gasteiger partial charge in [0.2, 0.25) is 0 Å². The Hall–Kier alpha value is -0.910. The highest BCUT2D eigenvalue weighted by molar-refractivity contribution is 5.18. The van der Waals surface area contributed by atoms with Gasteiger partial charge in [0, 0.05) is 31.2 Å². The van der Waals surface area contributed by atoms with Gasteiger partial charge in [0.15, 0.2) is 0 Å². The van der Waals surface area contributed by atoms with Crippen LogP contribution in [0.1, 0.15) is 78.6 Å². The van der Waals surface area contributed by atoms with E-state index in [1.165, 1.54) is 32.1 Å². The fourth-order valence-electron chi connectivity index (χ4n) is 5.57. The molecular weight excluding hydrogens is 391 g/mol. The largest absolute Gasteiger partial charge is 0.490 e. The van der Waals surface area contributed by atoms with Gasteiger partial charge in [0.1, 0.15) is 12.8 Å². The van der Waals surface area contributed by atoms with Crippen molar-refractivity contribution < 1.29 is 13.9 Å². The smallest absolute Gasteiger partial charge is 0.150 e. The van der Waals surface area contributed by atoms with E-state index in [9.17, 15) is 4.39 Å². The average Bonchev–Trinajstić information content (AvgIpc) is 2.82. The maximum atomic E-state index is 13.4. The molecule has 31 heavy (non-hydrogen) atoms. The molecule has 0 spiro atoms. The number of halogens is 1. The number of nitrogens with one attached hydrogen (secondary N) is 1. The molecular formula is C26H45FN2O2. The number of ether oxygens (including phenoxy) is 2. The van der Waals surface area contributed by atoms with Crippen LogP contribution in [0.4, 0.5) is 4.39 Å². The Morgan fingerprint density at radius 2 is 1.97 bits per heavy atom. The predicted octanol–water partition coefficient (Wildman–Crippen LogP) is 5.39. The quantitative estimate of drug-likeness (QED) is 0.328. The van der Waals surface area contributed by atoms with E-state index in [2.05, 4.69) is 43.1 Å². The minimum absolute atomic E-state index is 0.352. The number of piperidine rings is 1. The molecule has 0 aromatic heterocycles. The van der Waals surface area contributed by atoms with Crippen molar-refractivity contribution in [3.63, 3.8) is 0 Å². The zero-order valence-corrected chi connectivity index (χ0v) is 20.1. The highest BCUT2D eigenvalue weighted by Gasteiger charge is 2.35. The molecule has 0 amide bonds. The van der Waals surface area contributed by atoms with E-state index in [4.69, 9.17) is 9.47 Å². The fourth-order valence-corrected chi connectivity index (χ4v) is 5.57. The zero-order chi connectivity index (χ0) is 22.1. The Balaban J connectivity index is 1.46. The normalized spacial score (nSPS) is 29.8. The lowest BCUT2D eigenvalue weighted by Gasteiger charge is -2.42. The number of allylic oxidation sites excluding steroid dienone is 1. The second-order valence-corrected chi connectivity index (χ2v) is 9.52. The first-order valence-electron chi connectivity index (χ1n) is 12.9. The summed E-state index contributed by atoms with van der Waals surface area (Å²) in [5.74, 6) is 1.58. The number of nitrogens with zero attached hydrogens (tertiary/aromatic N) is 1. The van der Waals surface area contributed by atoms with Crippen LogP contribution in [0.5, 0.6) is 0 Å². The molecule has 1 fully saturated rings. The molecule has 3 rings (SSSR count). The molecule has 1 saturated heterocycles. The molecule has 0 bridgehead atoms. The number of fused-ring (bicyclic) bond motifs is 1. The molecule has 178 valence electrons. The fraction of sp³-hybridized carbons (Fsp3) is 0.846. The first kappa shape index (κ1) is 24.7. The standard InChI is InChI=1S/C26H45FN2O2/c1-4-7-16-30-19-24(18-27)31-23-13-15-26-21(17-23)10-14-25(28-26)20-8-11-22(12-9-20)29(5-2)6-3/h8,13,21-22,24-26,28H,4-7,9-12,14-19H2,1-3H3/t21-,22+,24?,25?,26+/m1/s1. The number of alkyl halides is 1. The van der Waals surface area contributed by atoms with Gasteiger partial charge >= 0.3 is 0 Å². The second kappa shape index (κ2) is 13.0. The van der Waals surface area contributed by atoms with Crippen LogP contribution >= 0.6 is 0 Å². The number of hydrogen-bond donors (Lipinski definition) is 1. The molecule has 1 aliphatic heterocycles. The third-order valence-electron chi connectivity index (χ3n) is 7.50. The summed E-state index contributed by atoms with van der Waals surface area (Å²) in [5.41, 5.74) is 1.63. The van der Waals surface area contributed by atoms with Crippen molar-refractivity contribution in [3.8, 4) is 0 Å². The summed E-state index contributed by atoms with van der Waals surface area (Å²) in [4.78, 5) is 2.60. The van der Waals surface area contributed by atoms with E-state index in [1.54, 1.807) is 5.57 Å². The summed E-state index contributed by atoms with van der Waals surface area (Å²) >= 11 is 0. The van der Waals surface area contributed by atoms with Crippen molar-refractivity contribution in [2.45, 2.75) is 103 Å². The first-order valence-corrected chi connectivity index (χ1v) is 12.9. The monoisotopic (exact) mass is 436 g/mol. The zero-order valence-electron chi connectivity index (χ0n) is 20.1. The molecule has 0 saturated carbocycles. The summed E-state index contributed by atoms with van der Waals surface area (Å²) in [5, 5.41) is 3.95. The number of rotatable bonds is 12. The number of hydrogen-bond acceptors (Lipinski definition) is 4. The van der Waals surface area contributed by atoms with Crippen molar-refractivity contribution in [1.29, 1.82) is 0 Å². The summed E-state index contributed by atoms with van der Waals surface area (Å²) in [6.07, 6.45) is 14.5. The Morgan fingerprint density at radius 3 is 2.65 bits per heavy atom. The maximum absolute atomic E-state index is 13.4. The van der Waals surface area contributed by atoms with Gasteiger partial charge in [-0.1, -0.05) is 38.8 Å². The van der Waals surface area contributed by atoms with Gasteiger partial charge in [-0.2, -0.15) is 0 Å². The maximum Gasteiger partial charge on any atom is 0.150 e. The molecule has 5 heteroatoms. The summed E-state index contributed by atoms with van der Waals surface area (Å²) in [7, 11) is 0. The lowest BCUT2D eigenvalue weighted by Crippen LogP contribution is -2.50. The van der Waals surface area contributed by atoms with Gasteiger partial charge < -0.3 is 19.7 Å². The summed E-state index contributed by atoms with van der Waals surface area (Å²) in [6, 6.07) is 1.79. The van der Waals surface area contributed by atoms with Crippen LogP contribution in [0, 0.1) is 5.92 Å². The van der Waals surface area contributed by atoms with E-state index >= 15 is 0 Å². The molecule has 2 aliphatic carbocycles. The second-order valence-electron chi connectivity index (χ2n) is 9.52. The van der Waals surface area contributed by atoms with Gasteiger partial charge in [-0.3, -0.25) is 0 Å². The lowest BCUT2D eigenvalue weighted by atomic mass is 9.77. The average molecular weight is 437 g/mol. The number of unbranched alkanes of at least 4 members (excludes halogenated alkanes) is 1. The predicted molar refractivity (Wildman–Crippen MR) is 126 cm³/mol. The van der Waals surface area contributed by atoms with Crippen molar-refractivity contribution in [1.82, 2.24) is 10.2 Å². The minimum Gasteiger partial charge on any atom is -0.490 e. The van der Waals surface area contributed by atoms with E-state index in [-0.39, 0.29) is 0 Å². The Labute approximate surface area is 189 Å².